The molecule has 1 saturated carbocycles. The molecule has 0 spiro atoms. The normalized spacial score (nSPS) is 18.0. The van der Waals surface area contributed by atoms with Crippen LogP contribution in [0.2, 0.25) is 0 Å². The highest BCUT2D eigenvalue weighted by atomic mass is 16.5. The van der Waals surface area contributed by atoms with Gasteiger partial charge < -0.3 is 19.9 Å². The minimum absolute atomic E-state index is 0.394. The Morgan fingerprint density at radius 3 is 2.73 bits per heavy atom. The Balaban J connectivity index is 1.77. The molecule has 0 aromatic rings. The van der Waals surface area contributed by atoms with Gasteiger partial charge in [0.2, 0.25) is 0 Å². The maximum atomic E-state index is 9.51. The first-order valence-corrected chi connectivity index (χ1v) is 5.87. The highest BCUT2D eigenvalue weighted by molar-refractivity contribution is 4.75. The molecule has 0 amide bonds. The van der Waals surface area contributed by atoms with E-state index in [0.717, 1.165) is 19.1 Å². The van der Waals surface area contributed by atoms with Gasteiger partial charge in [-0.3, -0.25) is 0 Å². The third kappa shape index (κ3) is 7.73. The van der Waals surface area contributed by atoms with E-state index < -0.39 is 6.10 Å². The molecule has 1 fully saturated rings. The predicted octanol–water partition coefficient (Wildman–Crippen LogP) is 0.400. The lowest BCUT2D eigenvalue weighted by molar-refractivity contribution is 0.00650. The lowest BCUT2D eigenvalue weighted by Crippen LogP contribution is -2.32. The molecular formula is C11H23NO3. The van der Waals surface area contributed by atoms with E-state index in [9.17, 15) is 5.11 Å². The van der Waals surface area contributed by atoms with E-state index in [1.165, 1.54) is 12.8 Å². The summed E-state index contributed by atoms with van der Waals surface area (Å²) in [5.41, 5.74) is 0. The van der Waals surface area contributed by atoms with E-state index in [1.54, 1.807) is 0 Å². The van der Waals surface area contributed by atoms with Crippen molar-refractivity contribution in [1.29, 1.82) is 0 Å². The van der Waals surface area contributed by atoms with Crippen molar-refractivity contribution in [3.8, 4) is 0 Å². The van der Waals surface area contributed by atoms with Gasteiger partial charge in [-0.05, 0) is 32.2 Å². The van der Waals surface area contributed by atoms with E-state index in [-0.39, 0.29) is 0 Å². The Morgan fingerprint density at radius 1 is 1.33 bits per heavy atom. The molecule has 0 heterocycles. The van der Waals surface area contributed by atoms with Crippen LogP contribution in [0.4, 0.5) is 0 Å². The van der Waals surface area contributed by atoms with Crippen molar-refractivity contribution in [2.24, 2.45) is 5.92 Å². The van der Waals surface area contributed by atoms with Crippen LogP contribution >= 0.6 is 0 Å². The van der Waals surface area contributed by atoms with Crippen molar-refractivity contribution in [2.75, 3.05) is 39.5 Å². The summed E-state index contributed by atoms with van der Waals surface area (Å²) < 4.78 is 10.4. The first-order chi connectivity index (χ1) is 7.33. The van der Waals surface area contributed by atoms with E-state index in [1.807, 2.05) is 6.92 Å². The molecular weight excluding hydrogens is 194 g/mol. The van der Waals surface area contributed by atoms with Crippen molar-refractivity contribution in [2.45, 2.75) is 25.9 Å². The van der Waals surface area contributed by atoms with Gasteiger partial charge in [-0.15, -0.1) is 0 Å². The second-order valence-corrected chi connectivity index (χ2v) is 4.03. The molecule has 1 unspecified atom stereocenters. The third-order valence-electron chi connectivity index (χ3n) is 2.40. The smallest absolute Gasteiger partial charge is 0.0897 e. The number of hydrogen-bond donors (Lipinski definition) is 2. The van der Waals surface area contributed by atoms with Gasteiger partial charge in [-0.1, -0.05) is 0 Å². The maximum absolute atomic E-state index is 9.51. The van der Waals surface area contributed by atoms with E-state index in [2.05, 4.69) is 5.32 Å². The van der Waals surface area contributed by atoms with Crippen molar-refractivity contribution in [1.82, 2.24) is 5.32 Å². The summed E-state index contributed by atoms with van der Waals surface area (Å²) in [6, 6.07) is 0. The van der Waals surface area contributed by atoms with Crippen LogP contribution in [-0.4, -0.2) is 50.7 Å². The van der Waals surface area contributed by atoms with Gasteiger partial charge in [0, 0.05) is 13.2 Å². The lowest BCUT2D eigenvalue weighted by atomic mass is 10.3. The van der Waals surface area contributed by atoms with Crippen LogP contribution in [0.15, 0.2) is 0 Å². The Bertz CT molecular complexity index is 151. The Labute approximate surface area is 92.0 Å². The third-order valence-corrected chi connectivity index (χ3v) is 2.40. The van der Waals surface area contributed by atoms with Crippen LogP contribution in [0.3, 0.4) is 0 Å². The molecule has 1 rings (SSSR count). The molecule has 0 aromatic carbocycles. The fourth-order valence-corrected chi connectivity index (χ4v) is 1.32. The highest BCUT2D eigenvalue weighted by Gasteiger charge is 2.20. The van der Waals surface area contributed by atoms with Gasteiger partial charge >= 0.3 is 0 Å². The van der Waals surface area contributed by atoms with E-state index in [4.69, 9.17) is 9.47 Å². The topological polar surface area (TPSA) is 50.7 Å². The number of aliphatic hydroxyl groups is 1. The van der Waals surface area contributed by atoms with Gasteiger partial charge in [0.15, 0.2) is 0 Å². The first-order valence-electron chi connectivity index (χ1n) is 5.87. The van der Waals surface area contributed by atoms with Gasteiger partial charge in [0.05, 0.1) is 25.9 Å². The Hall–Kier alpha value is -0.160. The SMILES string of the molecule is CCOCCOCC(O)CNCC1CC1. The van der Waals surface area contributed by atoms with Crippen LogP contribution in [-0.2, 0) is 9.47 Å². The monoisotopic (exact) mass is 217 g/mol. The summed E-state index contributed by atoms with van der Waals surface area (Å²) in [7, 11) is 0. The number of hydrogen-bond acceptors (Lipinski definition) is 4. The molecule has 0 aromatic heterocycles. The average molecular weight is 217 g/mol. The van der Waals surface area contributed by atoms with Crippen molar-refractivity contribution in [3.05, 3.63) is 0 Å². The number of nitrogens with one attached hydrogen (secondary N) is 1. The second kappa shape index (κ2) is 8.05. The molecule has 0 bridgehead atoms. The molecule has 1 aliphatic rings. The zero-order valence-electron chi connectivity index (χ0n) is 9.58. The summed E-state index contributed by atoms with van der Waals surface area (Å²) >= 11 is 0. The van der Waals surface area contributed by atoms with Gasteiger partial charge in [-0.2, -0.15) is 0 Å². The largest absolute Gasteiger partial charge is 0.389 e. The van der Waals surface area contributed by atoms with Crippen LogP contribution in [0.5, 0.6) is 0 Å². The molecule has 90 valence electrons. The first kappa shape index (κ1) is 12.9. The second-order valence-electron chi connectivity index (χ2n) is 4.03. The number of ether oxygens (including phenoxy) is 2. The van der Waals surface area contributed by atoms with Gasteiger partial charge in [0.25, 0.3) is 0 Å². The molecule has 4 heteroatoms. The molecule has 4 nitrogen and oxygen atoms in total. The molecule has 0 aliphatic heterocycles. The van der Waals surface area contributed by atoms with Gasteiger partial charge in [0.1, 0.15) is 0 Å². The maximum Gasteiger partial charge on any atom is 0.0897 e. The summed E-state index contributed by atoms with van der Waals surface area (Å²) in [6.45, 7) is 5.91. The number of aliphatic hydroxyl groups excluding tert-OH is 1. The van der Waals surface area contributed by atoms with Crippen LogP contribution < -0.4 is 5.32 Å². The predicted molar refractivity (Wildman–Crippen MR) is 58.9 cm³/mol. The number of rotatable bonds is 10. The zero-order chi connectivity index (χ0) is 10.9. The molecule has 2 N–H and O–H groups in total. The van der Waals surface area contributed by atoms with Crippen molar-refractivity contribution < 1.29 is 14.6 Å². The van der Waals surface area contributed by atoms with E-state index >= 15 is 0 Å². The van der Waals surface area contributed by atoms with Crippen LogP contribution in [0.25, 0.3) is 0 Å². The fourth-order valence-electron chi connectivity index (χ4n) is 1.32. The lowest BCUT2D eigenvalue weighted by Gasteiger charge is -2.12. The highest BCUT2D eigenvalue weighted by Crippen LogP contribution is 2.27. The Morgan fingerprint density at radius 2 is 2.07 bits per heavy atom. The minimum Gasteiger partial charge on any atom is -0.389 e. The van der Waals surface area contributed by atoms with Crippen molar-refractivity contribution in [3.63, 3.8) is 0 Å². The van der Waals surface area contributed by atoms with E-state index in [0.29, 0.717) is 26.4 Å². The molecule has 1 aliphatic carbocycles. The fraction of sp³-hybridized carbons (Fsp3) is 1.00. The molecule has 15 heavy (non-hydrogen) atoms. The molecule has 0 saturated heterocycles. The van der Waals surface area contributed by atoms with Crippen LogP contribution in [0.1, 0.15) is 19.8 Å². The van der Waals surface area contributed by atoms with Crippen molar-refractivity contribution >= 4 is 0 Å². The Kier molecular flexibility index (Phi) is 6.92. The average Bonchev–Trinajstić information content (AvgIpc) is 3.01. The standard InChI is InChI=1S/C11H23NO3/c1-2-14-5-6-15-9-11(13)8-12-7-10-3-4-10/h10-13H,2-9H2,1H3. The molecule has 0 radical (unpaired) electrons. The van der Waals surface area contributed by atoms with Crippen LogP contribution in [0, 0.1) is 5.92 Å². The zero-order valence-corrected chi connectivity index (χ0v) is 9.58. The summed E-state index contributed by atoms with van der Waals surface area (Å²) in [5, 5.41) is 12.7. The van der Waals surface area contributed by atoms with Gasteiger partial charge in [-0.25, -0.2) is 0 Å². The minimum atomic E-state index is -0.398. The molecule has 1 atom stereocenters. The summed E-state index contributed by atoms with van der Waals surface area (Å²) in [4.78, 5) is 0. The summed E-state index contributed by atoms with van der Waals surface area (Å²) in [6.07, 6.45) is 2.28. The summed E-state index contributed by atoms with van der Waals surface area (Å²) in [5.74, 6) is 0.857. The quantitative estimate of drug-likeness (QED) is 0.520.